The van der Waals surface area contributed by atoms with E-state index in [0.29, 0.717) is 6.54 Å². The highest BCUT2D eigenvalue weighted by Gasteiger charge is 2.17. The van der Waals surface area contributed by atoms with E-state index in [9.17, 15) is 4.79 Å². The smallest absolute Gasteiger partial charge is 0.251 e. The van der Waals surface area contributed by atoms with E-state index in [1.807, 2.05) is 18.2 Å². The predicted octanol–water partition coefficient (Wildman–Crippen LogP) is 1.60. The number of benzene rings is 1. The van der Waals surface area contributed by atoms with Gasteiger partial charge in [-0.25, -0.2) is 0 Å². The van der Waals surface area contributed by atoms with Crippen LogP contribution in [0.1, 0.15) is 27.9 Å². The van der Waals surface area contributed by atoms with Crippen molar-refractivity contribution in [3.8, 4) is 11.8 Å². The zero-order valence-corrected chi connectivity index (χ0v) is 9.10. The van der Waals surface area contributed by atoms with Gasteiger partial charge in [0.2, 0.25) is 0 Å². The number of hydrogen-bond donors (Lipinski definition) is 2. The molecule has 0 saturated heterocycles. The second kappa shape index (κ2) is 4.41. The molecule has 0 bridgehead atoms. The summed E-state index contributed by atoms with van der Waals surface area (Å²) in [6, 6.07) is 5.69. The molecular formula is C12H11NOS. The first-order valence-electron chi connectivity index (χ1n) is 4.82. The summed E-state index contributed by atoms with van der Waals surface area (Å²) in [6.45, 7) is 0.621. The fourth-order valence-electron chi connectivity index (χ4n) is 1.53. The Morgan fingerprint density at radius 1 is 1.47 bits per heavy atom. The summed E-state index contributed by atoms with van der Waals surface area (Å²) >= 11 is 4.09. The minimum Gasteiger partial charge on any atom is -0.348 e. The second-order valence-corrected chi connectivity index (χ2v) is 3.78. The average molecular weight is 217 g/mol. The van der Waals surface area contributed by atoms with E-state index in [-0.39, 0.29) is 5.91 Å². The van der Waals surface area contributed by atoms with Gasteiger partial charge in [-0.2, -0.15) is 12.6 Å². The van der Waals surface area contributed by atoms with Crippen LogP contribution in [0.4, 0.5) is 0 Å². The summed E-state index contributed by atoms with van der Waals surface area (Å²) in [7, 11) is 0. The number of carbonyl (C=O) groups excluding carboxylic acids is 1. The van der Waals surface area contributed by atoms with Gasteiger partial charge >= 0.3 is 0 Å². The monoisotopic (exact) mass is 217 g/mol. The maximum atomic E-state index is 11.3. The Balaban J connectivity index is 2.24. The van der Waals surface area contributed by atoms with E-state index in [1.54, 1.807) is 0 Å². The molecule has 3 heteroatoms. The topological polar surface area (TPSA) is 29.1 Å². The van der Waals surface area contributed by atoms with Crippen LogP contribution >= 0.6 is 12.6 Å². The number of amides is 1. The summed E-state index contributed by atoms with van der Waals surface area (Å²) < 4.78 is 0. The maximum absolute atomic E-state index is 11.3. The van der Waals surface area contributed by atoms with E-state index in [2.05, 4.69) is 29.8 Å². The average Bonchev–Trinajstić information content (AvgIpc) is 2.61. The van der Waals surface area contributed by atoms with Gasteiger partial charge in [-0.15, -0.1) is 0 Å². The molecule has 0 radical (unpaired) electrons. The molecule has 0 saturated carbocycles. The Labute approximate surface area is 94.5 Å². The zero-order valence-electron chi connectivity index (χ0n) is 8.21. The highest BCUT2D eigenvalue weighted by molar-refractivity contribution is 7.80. The predicted molar refractivity (Wildman–Crippen MR) is 63.0 cm³/mol. The van der Waals surface area contributed by atoms with Crippen molar-refractivity contribution in [2.24, 2.45) is 0 Å². The lowest BCUT2D eigenvalue weighted by Crippen LogP contribution is -2.12. The lowest BCUT2D eigenvalue weighted by atomic mass is 10.1. The largest absolute Gasteiger partial charge is 0.348 e. The van der Waals surface area contributed by atoms with Crippen molar-refractivity contribution >= 4 is 18.5 Å². The Morgan fingerprint density at radius 3 is 3.13 bits per heavy atom. The van der Waals surface area contributed by atoms with E-state index >= 15 is 0 Å². The van der Waals surface area contributed by atoms with Gasteiger partial charge < -0.3 is 5.32 Å². The molecule has 1 N–H and O–H groups in total. The number of rotatable bonds is 1. The highest BCUT2D eigenvalue weighted by Crippen LogP contribution is 2.16. The van der Waals surface area contributed by atoms with E-state index < -0.39 is 0 Å². The number of carbonyl (C=O) groups is 1. The maximum Gasteiger partial charge on any atom is 0.251 e. The van der Waals surface area contributed by atoms with Gasteiger partial charge in [0, 0.05) is 29.8 Å². The van der Waals surface area contributed by atoms with Crippen LogP contribution in [0.25, 0.3) is 0 Å². The number of hydrogen-bond acceptors (Lipinski definition) is 2. The van der Waals surface area contributed by atoms with Crippen molar-refractivity contribution in [1.29, 1.82) is 0 Å². The molecule has 1 aromatic carbocycles. The number of thiol groups is 1. The van der Waals surface area contributed by atoms with Crippen LogP contribution < -0.4 is 5.32 Å². The first-order valence-corrected chi connectivity index (χ1v) is 5.45. The molecule has 15 heavy (non-hydrogen) atoms. The molecular weight excluding hydrogens is 206 g/mol. The minimum absolute atomic E-state index is 0.0138. The third-order valence-corrected chi connectivity index (χ3v) is 2.48. The quantitative estimate of drug-likeness (QED) is 0.543. The molecule has 1 amide bonds. The summed E-state index contributed by atoms with van der Waals surface area (Å²) in [6.07, 6.45) is 0.789. The van der Waals surface area contributed by atoms with Gasteiger partial charge in [0.15, 0.2) is 0 Å². The molecule has 76 valence electrons. The Morgan fingerprint density at radius 2 is 2.33 bits per heavy atom. The van der Waals surface area contributed by atoms with Crippen LogP contribution in [-0.2, 0) is 6.54 Å². The first kappa shape index (κ1) is 10.1. The van der Waals surface area contributed by atoms with Gasteiger partial charge in [-0.05, 0) is 23.8 Å². The molecule has 2 rings (SSSR count). The molecule has 1 aliphatic heterocycles. The lowest BCUT2D eigenvalue weighted by Gasteiger charge is -1.95. The van der Waals surface area contributed by atoms with Gasteiger partial charge in [0.05, 0.1) is 0 Å². The molecule has 0 fully saturated rings. The standard InChI is InChI=1S/C12H11NOS/c14-12-11-5-4-9(3-1-2-6-15)7-10(11)8-13-12/h4-5,7,15H,2,6,8H2,(H,13,14). The van der Waals surface area contributed by atoms with E-state index in [0.717, 1.165) is 28.9 Å². The minimum atomic E-state index is 0.0138. The van der Waals surface area contributed by atoms with Gasteiger partial charge in [-0.3, -0.25) is 4.79 Å². The van der Waals surface area contributed by atoms with E-state index in [1.165, 1.54) is 0 Å². The molecule has 0 aromatic heterocycles. The van der Waals surface area contributed by atoms with Crippen LogP contribution in [0.2, 0.25) is 0 Å². The molecule has 2 nitrogen and oxygen atoms in total. The van der Waals surface area contributed by atoms with Crippen molar-refractivity contribution in [2.45, 2.75) is 13.0 Å². The lowest BCUT2D eigenvalue weighted by molar-refractivity contribution is 0.0966. The van der Waals surface area contributed by atoms with Crippen molar-refractivity contribution in [3.63, 3.8) is 0 Å². The molecule has 0 unspecified atom stereocenters. The number of fused-ring (bicyclic) bond motifs is 1. The van der Waals surface area contributed by atoms with Crippen LogP contribution in [0.5, 0.6) is 0 Å². The molecule has 1 aliphatic rings. The Hall–Kier alpha value is -1.40. The SMILES string of the molecule is O=C1NCc2cc(C#CCCS)ccc21. The normalized spacial score (nSPS) is 12.7. The third kappa shape index (κ3) is 2.16. The Bertz CT molecular complexity index is 456. The molecule has 1 aromatic rings. The van der Waals surface area contributed by atoms with Gasteiger partial charge in [0.25, 0.3) is 5.91 Å². The fraction of sp³-hybridized carbons (Fsp3) is 0.250. The second-order valence-electron chi connectivity index (χ2n) is 3.33. The Kier molecular flexibility index (Phi) is 2.98. The fourth-order valence-corrected chi connectivity index (χ4v) is 1.64. The van der Waals surface area contributed by atoms with Crippen molar-refractivity contribution in [1.82, 2.24) is 5.32 Å². The summed E-state index contributed by atoms with van der Waals surface area (Å²) in [5.74, 6) is 6.86. The van der Waals surface area contributed by atoms with Crippen LogP contribution in [0.15, 0.2) is 18.2 Å². The molecule has 1 heterocycles. The van der Waals surface area contributed by atoms with Crippen molar-refractivity contribution in [3.05, 3.63) is 34.9 Å². The van der Waals surface area contributed by atoms with Gasteiger partial charge in [-0.1, -0.05) is 11.8 Å². The molecule has 0 aliphatic carbocycles. The van der Waals surface area contributed by atoms with Crippen LogP contribution in [0, 0.1) is 11.8 Å². The summed E-state index contributed by atoms with van der Waals surface area (Å²) in [5, 5.41) is 2.78. The van der Waals surface area contributed by atoms with Gasteiger partial charge in [0.1, 0.15) is 0 Å². The van der Waals surface area contributed by atoms with Crippen LogP contribution in [0.3, 0.4) is 0 Å². The summed E-state index contributed by atoms with van der Waals surface area (Å²) in [4.78, 5) is 11.3. The molecule has 0 atom stereocenters. The zero-order chi connectivity index (χ0) is 10.7. The van der Waals surface area contributed by atoms with E-state index in [4.69, 9.17) is 0 Å². The highest BCUT2D eigenvalue weighted by atomic mass is 32.1. The first-order chi connectivity index (χ1) is 7.31. The number of nitrogens with one attached hydrogen (secondary N) is 1. The summed E-state index contributed by atoms with van der Waals surface area (Å²) in [5.41, 5.74) is 2.78. The molecule has 0 spiro atoms. The van der Waals surface area contributed by atoms with Crippen molar-refractivity contribution in [2.75, 3.05) is 5.75 Å². The third-order valence-electron chi connectivity index (χ3n) is 2.26. The van der Waals surface area contributed by atoms with Crippen LogP contribution in [-0.4, -0.2) is 11.7 Å². The van der Waals surface area contributed by atoms with Crippen molar-refractivity contribution < 1.29 is 4.79 Å².